The van der Waals surface area contributed by atoms with Gasteiger partial charge in [-0.1, -0.05) is 25.3 Å². The molecular formula is C19H29N5OS2. The summed E-state index contributed by atoms with van der Waals surface area (Å²) < 4.78 is 2.27. The maximum Gasteiger partial charge on any atom is 0.242 e. The quantitative estimate of drug-likeness (QED) is 0.513. The molecule has 8 heteroatoms. The molecule has 6 nitrogen and oxygen atoms in total. The number of hydrogen-bond acceptors (Lipinski definition) is 5. The summed E-state index contributed by atoms with van der Waals surface area (Å²) in [5, 5.41) is 12.2. The Balaban J connectivity index is 1.50. The third kappa shape index (κ3) is 5.06. The maximum absolute atomic E-state index is 12.6. The van der Waals surface area contributed by atoms with E-state index in [4.69, 9.17) is 12.2 Å². The topological polar surface area (TPSA) is 66.0 Å². The molecule has 1 aliphatic rings. The van der Waals surface area contributed by atoms with Crippen LogP contribution in [0, 0.1) is 4.77 Å². The van der Waals surface area contributed by atoms with Gasteiger partial charge in [0.2, 0.25) is 5.91 Å². The fraction of sp³-hybridized carbons (Fsp3) is 0.632. The van der Waals surface area contributed by atoms with E-state index in [1.54, 1.807) is 15.9 Å². The predicted octanol–water partition coefficient (Wildman–Crippen LogP) is 4.00. The van der Waals surface area contributed by atoms with E-state index in [1.165, 1.54) is 32.1 Å². The van der Waals surface area contributed by atoms with Crippen molar-refractivity contribution in [3.05, 3.63) is 22.3 Å². The first kappa shape index (κ1) is 20.2. The molecule has 0 spiro atoms. The number of rotatable bonds is 8. The molecule has 2 aromatic heterocycles. The first-order valence-corrected chi connectivity index (χ1v) is 11.1. The highest BCUT2D eigenvalue weighted by Crippen LogP contribution is 2.25. The van der Waals surface area contributed by atoms with Gasteiger partial charge in [0.1, 0.15) is 6.04 Å². The summed E-state index contributed by atoms with van der Waals surface area (Å²) in [4.78, 5) is 16.1. The van der Waals surface area contributed by atoms with Crippen LogP contribution in [0.2, 0.25) is 0 Å². The Hall–Kier alpha value is -1.51. The highest BCUT2D eigenvalue weighted by atomic mass is 32.1. The minimum Gasteiger partial charge on any atom is -0.354 e. The van der Waals surface area contributed by atoms with Crippen LogP contribution in [0.4, 0.5) is 0 Å². The van der Waals surface area contributed by atoms with E-state index in [0.717, 1.165) is 23.7 Å². The van der Waals surface area contributed by atoms with E-state index in [-0.39, 0.29) is 5.91 Å². The number of aromatic amines is 1. The predicted molar refractivity (Wildman–Crippen MR) is 113 cm³/mol. The summed E-state index contributed by atoms with van der Waals surface area (Å²) in [7, 11) is 2.21. The van der Waals surface area contributed by atoms with Gasteiger partial charge in [-0.3, -0.25) is 14.5 Å². The highest BCUT2D eigenvalue weighted by Gasteiger charge is 2.21. The van der Waals surface area contributed by atoms with Crippen LogP contribution in [0.5, 0.6) is 0 Å². The molecule has 1 atom stereocenters. The Bertz CT molecular complexity index is 776. The van der Waals surface area contributed by atoms with Crippen molar-refractivity contribution in [2.75, 3.05) is 20.1 Å². The lowest BCUT2D eigenvalue weighted by Gasteiger charge is -2.31. The van der Waals surface area contributed by atoms with Gasteiger partial charge in [0.05, 0.1) is 4.88 Å². The lowest BCUT2D eigenvalue weighted by Crippen LogP contribution is -2.37. The molecule has 0 aliphatic heterocycles. The molecule has 1 amide bonds. The van der Waals surface area contributed by atoms with Crippen LogP contribution in [-0.2, 0) is 4.79 Å². The molecule has 1 saturated carbocycles. The fourth-order valence-corrected chi connectivity index (χ4v) is 4.75. The number of thiophene rings is 1. The van der Waals surface area contributed by atoms with Crippen molar-refractivity contribution < 1.29 is 4.79 Å². The van der Waals surface area contributed by atoms with E-state index in [1.807, 2.05) is 24.4 Å². The molecule has 3 rings (SSSR count). The first-order chi connectivity index (χ1) is 13.1. The molecule has 148 valence electrons. The summed E-state index contributed by atoms with van der Waals surface area (Å²) >= 11 is 6.93. The third-order valence-electron chi connectivity index (χ3n) is 5.40. The molecule has 1 fully saturated rings. The van der Waals surface area contributed by atoms with Crippen LogP contribution < -0.4 is 5.32 Å². The monoisotopic (exact) mass is 407 g/mol. The molecule has 1 aliphatic carbocycles. The standard InChI is InChI=1S/C19H29N5OS2/c1-14(24-17(21-22-19(24)26)16-10-6-13-27-16)18(25)20-11-7-12-23(2)15-8-4-3-5-9-15/h6,10,13-15H,3-5,7-9,11-12H2,1-2H3,(H,20,25)(H,22,26). The van der Waals surface area contributed by atoms with Gasteiger partial charge < -0.3 is 10.2 Å². The molecule has 0 radical (unpaired) electrons. The minimum atomic E-state index is -0.399. The lowest BCUT2D eigenvalue weighted by molar-refractivity contribution is -0.123. The Labute approximate surface area is 170 Å². The number of aromatic nitrogens is 3. The van der Waals surface area contributed by atoms with E-state index in [9.17, 15) is 4.79 Å². The summed E-state index contributed by atoms with van der Waals surface area (Å²) in [6.07, 6.45) is 7.65. The number of carbonyl (C=O) groups excluding carboxylic acids is 1. The normalized spacial score (nSPS) is 16.6. The smallest absolute Gasteiger partial charge is 0.242 e. The van der Waals surface area contributed by atoms with Gasteiger partial charge in [-0.05, 0) is 63.4 Å². The second kappa shape index (κ2) is 9.61. The van der Waals surface area contributed by atoms with Crippen LogP contribution in [0.3, 0.4) is 0 Å². The van der Waals surface area contributed by atoms with Crippen LogP contribution in [0.15, 0.2) is 17.5 Å². The molecule has 0 aromatic carbocycles. The molecule has 1 unspecified atom stereocenters. The number of nitrogens with one attached hydrogen (secondary N) is 2. The third-order valence-corrected chi connectivity index (χ3v) is 6.55. The average Bonchev–Trinajstić information content (AvgIpc) is 3.34. The van der Waals surface area contributed by atoms with Gasteiger partial charge >= 0.3 is 0 Å². The molecule has 27 heavy (non-hydrogen) atoms. The largest absolute Gasteiger partial charge is 0.354 e. The van der Waals surface area contributed by atoms with Crippen LogP contribution in [0.1, 0.15) is 51.5 Å². The summed E-state index contributed by atoms with van der Waals surface area (Å²) in [5.74, 6) is 0.695. The molecule has 0 bridgehead atoms. The Morgan fingerprint density at radius 3 is 2.96 bits per heavy atom. The van der Waals surface area contributed by atoms with E-state index in [0.29, 0.717) is 17.4 Å². The Morgan fingerprint density at radius 1 is 1.48 bits per heavy atom. The maximum atomic E-state index is 12.6. The highest BCUT2D eigenvalue weighted by molar-refractivity contribution is 7.71. The van der Waals surface area contributed by atoms with Gasteiger partial charge in [-0.2, -0.15) is 5.10 Å². The molecule has 2 N–H and O–H groups in total. The molecular weight excluding hydrogens is 378 g/mol. The zero-order chi connectivity index (χ0) is 19.2. The summed E-state index contributed by atoms with van der Waals surface area (Å²) in [6, 6.07) is 4.27. The minimum absolute atomic E-state index is 0.0226. The van der Waals surface area contributed by atoms with Crippen molar-refractivity contribution in [2.45, 2.75) is 57.5 Å². The lowest BCUT2D eigenvalue weighted by atomic mass is 9.94. The SMILES string of the molecule is CC(C(=O)NCCCN(C)C1CCCCC1)n1c(-c2cccs2)n[nH]c1=S. The number of H-pyrrole nitrogens is 1. The number of amides is 1. The van der Waals surface area contributed by atoms with Gasteiger partial charge in [0.15, 0.2) is 10.6 Å². The van der Waals surface area contributed by atoms with E-state index >= 15 is 0 Å². The van der Waals surface area contributed by atoms with Crippen molar-refractivity contribution in [3.8, 4) is 10.7 Å². The molecule has 2 heterocycles. The van der Waals surface area contributed by atoms with Gasteiger partial charge in [-0.25, -0.2) is 0 Å². The summed E-state index contributed by atoms with van der Waals surface area (Å²) in [6.45, 7) is 3.57. The van der Waals surface area contributed by atoms with Crippen molar-refractivity contribution in [1.82, 2.24) is 25.0 Å². The zero-order valence-electron chi connectivity index (χ0n) is 16.1. The second-order valence-electron chi connectivity index (χ2n) is 7.29. The number of hydrogen-bond donors (Lipinski definition) is 2. The van der Waals surface area contributed by atoms with Crippen LogP contribution in [-0.4, -0.2) is 51.8 Å². The summed E-state index contributed by atoms with van der Waals surface area (Å²) in [5.41, 5.74) is 0. The fourth-order valence-electron chi connectivity index (χ4n) is 3.75. The second-order valence-corrected chi connectivity index (χ2v) is 8.63. The van der Waals surface area contributed by atoms with E-state index < -0.39 is 6.04 Å². The number of nitrogens with zero attached hydrogens (tertiary/aromatic N) is 3. The average molecular weight is 408 g/mol. The zero-order valence-corrected chi connectivity index (χ0v) is 17.7. The Morgan fingerprint density at radius 2 is 2.26 bits per heavy atom. The van der Waals surface area contributed by atoms with Gasteiger partial charge in [0.25, 0.3) is 0 Å². The molecule has 0 saturated heterocycles. The van der Waals surface area contributed by atoms with Gasteiger partial charge in [0, 0.05) is 12.6 Å². The van der Waals surface area contributed by atoms with Crippen LogP contribution >= 0.6 is 23.6 Å². The number of carbonyl (C=O) groups is 1. The van der Waals surface area contributed by atoms with Crippen molar-refractivity contribution in [3.63, 3.8) is 0 Å². The van der Waals surface area contributed by atoms with Crippen molar-refractivity contribution in [2.24, 2.45) is 0 Å². The van der Waals surface area contributed by atoms with Gasteiger partial charge in [-0.15, -0.1) is 11.3 Å². The van der Waals surface area contributed by atoms with Crippen molar-refractivity contribution in [1.29, 1.82) is 0 Å². The molecule has 2 aromatic rings. The Kier molecular flexibility index (Phi) is 7.20. The van der Waals surface area contributed by atoms with Crippen molar-refractivity contribution >= 4 is 29.5 Å². The van der Waals surface area contributed by atoms with E-state index in [2.05, 4.69) is 27.5 Å². The van der Waals surface area contributed by atoms with Crippen LogP contribution in [0.25, 0.3) is 10.7 Å². The first-order valence-electron chi connectivity index (χ1n) is 9.76.